The van der Waals surface area contributed by atoms with Crippen LogP contribution < -0.4 is 20.2 Å². The maximum Gasteiger partial charge on any atom is 0.252 e. The predicted molar refractivity (Wildman–Crippen MR) is 109 cm³/mol. The molecule has 2 amide bonds. The molecule has 0 saturated carbocycles. The Bertz CT molecular complexity index is 819. The largest absolute Gasteiger partial charge is 0.497 e. The van der Waals surface area contributed by atoms with E-state index in [2.05, 4.69) is 15.8 Å². The van der Waals surface area contributed by atoms with Crippen molar-refractivity contribution in [2.75, 3.05) is 19.0 Å². The number of nitrogens with one attached hydrogen (secondary N) is 2. The summed E-state index contributed by atoms with van der Waals surface area (Å²) in [6, 6.07) is 14.2. The van der Waals surface area contributed by atoms with Gasteiger partial charge in [0.25, 0.3) is 5.91 Å². The molecule has 1 atom stereocenters. The van der Waals surface area contributed by atoms with Crippen LogP contribution in [0.15, 0.2) is 53.6 Å². The van der Waals surface area contributed by atoms with E-state index >= 15 is 0 Å². The quantitative estimate of drug-likeness (QED) is 0.395. The molecule has 2 N–H and O–H groups in total. The van der Waals surface area contributed by atoms with Crippen LogP contribution in [0.2, 0.25) is 0 Å². The lowest BCUT2D eigenvalue weighted by Crippen LogP contribution is -2.34. The molecule has 0 bridgehead atoms. The molecule has 0 saturated heterocycles. The van der Waals surface area contributed by atoms with Crippen LogP contribution >= 0.6 is 0 Å². The molecule has 0 aliphatic heterocycles. The molecule has 7 heteroatoms. The summed E-state index contributed by atoms with van der Waals surface area (Å²) in [7, 11) is 1.56. The minimum atomic E-state index is -0.911. The highest BCUT2D eigenvalue weighted by atomic mass is 16.5. The van der Waals surface area contributed by atoms with E-state index in [4.69, 9.17) is 9.47 Å². The third kappa shape index (κ3) is 6.12. The highest BCUT2D eigenvalue weighted by molar-refractivity contribution is 6.06. The van der Waals surface area contributed by atoms with Gasteiger partial charge >= 0.3 is 0 Å². The Kier molecular flexibility index (Phi) is 8.02. The number of hydrogen-bond donors (Lipinski definition) is 2. The van der Waals surface area contributed by atoms with Gasteiger partial charge in [0.05, 0.1) is 19.9 Å². The Morgan fingerprint density at radius 1 is 1.11 bits per heavy atom. The van der Waals surface area contributed by atoms with Crippen molar-refractivity contribution in [1.82, 2.24) is 5.43 Å². The number of hydrazone groups is 1. The molecule has 0 fully saturated rings. The van der Waals surface area contributed by atoms with E-state index in [0.29, 0.717) is 23.8 Å². The van der Waals surface area contributed by atoms with Gasteiger partial charge in [-0.1, -0.05) is 19.1 Å². The van der Waals surface area contributed by atoms with Crippen LogP contribution in [-0.4, -0.2) is 31.7 Å². The molecule has 0 aliphatic carbocycles. The van der Waals surface area contributed by atoms with E-state index in [1.807, 2.05) is 31.2 Å². The SMILES string of the molecule is CCCOc1ccccc1C=NNC(=O)C(C)C(=O)Nc1ccc(OC)cc1. The first kappa shape index (κ1) is 21.0. The van der Waals surface area contributed by atoms with Crippen LogP contribution in [0.4, 0.5) is 5.69 Å². The standard InChI is InChI=1S/C21H25N3O4/c1-4-13-28-19-8-6-5-7-16(19)14-22-24-21(26)15(2)20(25)23-17-9-11-18(27-3)12-10-17/h5-12,14-15H,4,13H2,1-3H3,(H,23,25)(H,24,26). The van der Waals surface area contributed by atoms with Gasteiger partial charge in [-0.05, 0) is 49.7 Å². The summed E-state index contributed by atoms with van der Waals surface area (Å²) in [5.74, 6) is -0.474. The van der Waals surface area contributed by atoms with Crippen LogP contribution in [0.3, 0.4) is 0 Å². The average molecular weight is 383 g/mol. The van der Waals surface area contributed by atoms with E-state index in [1.165, 1.54) is 13.1 Å². The summed E-state index contributed by atoms with van der Waals surface area (Å²) in [6.45, 7) is 4.14. The number of ether oxygens (including phenoxy) is 2. The number of benzene rings is 2. The summed E-state index contributed by atoms with van der Waals surface area (Å²) in [5, 5.41) is 6.63. The van der Waals surface area contributed by atoms with Gasteiger partial charge in [-0.25, -0.2) is 5.43 Å². The van der Waals surface area contributed by atoms with E-state index in [-0.39, 0.29) is 0 Å². The molecule has 0 radical (unpaired) electrons. The normalized spacial score (nSPS) is 11.7. The van der Waals surface area contributed by atoms with E-state index in [9.17, 15) is 9.59 Å². The first-order valence-corrected chi connectivity index (χ1v) is 9.04. The van der Waals surface area contributed by atoms with Crippen molar-refractivity contribution in [2.24, 2.45) is 11.0 Å². The van der Waals surface area contributed by atoms with Crippen LogP contribution in [-0.2, 0) is 9.59 Å². The van der Waals surface area contributed by atoms with Gasteiger partial charge < -0.3 is 14.8 Å². The molecule has 1 unspecified atom stereocenters. The Balaban J connectivity index is 1.91. The lowest BCUT2D eigenvalue weighted by atomic mass is 10.1. The lowest BCUT2D eigenvalue weighted by molar-refractivity contribution is -0.131. The Labute approximate surface area is 164 Å². The molecular formula is C21H25N3O4. The van der Waals surface area contributed by atoms with Crippen LogP contribution in [0.25, 0.3) is 0 Å². The maximum atomic E-state index is 12.2. The predicted octanol–water partition coefficient (Wildman–Crippen LogP) is 3.21. The molecule has 0 heterocycles. The van der Waals surface area contributed by atoms with Crippen LogP contribution in [0, 0.1) is 5.92 Å². The average Bonchev–Trinajstić information content (AvgIpc) is 2.72. The smallest absolute Gasteiger partial charge is 0.252 e. The van der Waals surface area contributed by atoms with Gasteiger partial charge in [0.2, 0.25) is 5.91 Å². The molecule has 0 spiro atoms. The number of anilines is 1. The zero-order valence-corrected chi connectivity index (χ0v) is 16.3. The summed E-state index contributed by atoms with van der Waals surface area (Å²) in [6.07, 6.45) is 2.39. The van der Waals surface area contributed by atoms with Gasteiger partial charge in [-0.3, -0.25) is 9.59 Å². The highest BCUT2D eigenvalue weighted by Crippen LogP contribution is 2.17. The van der Waals surface area contributed by atoms with Gasteiger partial charge in [0.15, 0.2) is 0 Å². The van der Waals surface area contributed by atoms with Crippen molar-refractivity contribution >= 4 is 23.7 Å². The second kappa shape index (κ2) is 10.7. The highest BCUT2D eigenvalue weighted by Gasteiger charge is 2.21. The van der Waals surface area contributed by atoms with E-state index < -0.39 is 17.7 Å². The molecule has 148 valence electrons. The fourth-order valence-electron chi connectivity index (χ4n) is 2.24. The number of nitrogens with zero attached hydrogens (tertiary/aromatic N) is 1. The molecule has 2 rings (SSSR count). The molecule has 28 heavy (non-hydrogen) atoms. The molecular weight excluding hydrogens is 358 g/mol. The second-order valence-corrected chi connectivity index (χ2v) is 6.06. The maximum absolute atomic E-state index is 12.2. The molecule has 0 aliphatic rings. The van der Waals surface area contributed by atoms with Gasteiger partial charge in [0.1, 0.15) is 17.4 Å². The fraction of sp³-hybridized carbons (Fsp3) is 0.286. The minimum Gasteiger partial charge on any atom is -0.497 e. The van der Waals surface area contributed by atoms with Crippen molar-refractivity contribution in [3.05, 3.63) is 54.1 Å². The summed E-state index contributed by atoms with van der Waals surface area (Å²) < 4.78 is 10.7. The Morgan fingerprint density at radius 2 is 1.82 bits per heavy atom. The van der Waals surface area contributed by atoms with Gasteiger partial charge in [-0.15, -0.1) is 0 Å². The number of carbonyl (C=O) groups excluding carboxylic acids is 2. The van der Waals surface area contributed by atoms with Crippen LogP contribution in [0.5, 0.6) is 11.5 Å². The molecule has 2 aromatic carbocycles. The second-order valence-electron chi connectivity index (χ2n) is 6.06. The third-order valence-electron chi connectivity index (χ3n) is 3.90. The summed E-state index contributed by atoms with van der Waals surface area (Å²) in [4.78, 5) is 24.4. The summed E-state index contributed by atoms with van der Waals surface area (Å²) >= 11 is 0. The van der Waals surface area contributed by atoms with E-state index in [0.717, 1.165) is 12.0 Å². The van der Waals surface area contributed by atoms with Crippen molar-refractivity contribution in [2.45, 2.75) is 20.3 Å². The van der Waals surface area contributed by atoms with Crippen molar-refractivity contribution < 1.29 is 19.1 Å². The monoisotopic (exact) mass is 383 g/mol. The first-order chi connectivity index (χ1) is 13.5. The molecule has 2 aromatic rings. The topological polar surface area (TPSA) is 89.0 Å². The number of carbonyl (C=O) groups is 2. The molecule has 0 aromatic heterocycles. The van der Waals surface area contributed by atoms with Crippen LogP contribution in [0.1, 0.15) is 25.8 Å². The van der Waals surface area contributed by atoms with Crippen molar-refractivity contribution in [3.8, 4) is 11.5 Å². The Morgan fingerprint density at radius 3 is 2.50 bits per heavy atom. The zero-order valence-electron chi connectivity index (χ0n) is 16.3. The summed E-state index contributed by atoms with van der Waals surface area (Å²) in [5.41, 5.74) is 3.72. The van der Waals surface area contributed by atoms with E-state index in [1.54, 1.807) is 31.4 Å². The third-order valence-corrected chi connectivity index (χ3v) is 3.90. The lowest BCUT2D eigenvalue weighted by Gasteiger charge is -2.11. The van der Waals surface area contributed by atoms with Gasteiger partial charge in [-0.2, -0.15) is 5.10 Å². The number of methoxy groups -OCH3 is 1. The number of amides is 2. The van der Waals surface area contributed by atoms with Crippen molar-refractivity contribution in [1.29, 1.82) is 0 Å². The minimum absolute atomic E-state index is 0.426. The first-order valence-electron chi connectivity index (χ1n) is 9.04. The van der Waals surface area contributed by atoms with Gasteiger partial charge in [0, 0.05) is 11.3 Å². The number of rotatable bonds is 9. The van der Waals surface area contributed by atoms with Crippen molar-refractivity contribution in [3.63, 3.8) is 0 Å². The fourth-order valence-corrected chi connectivity index (χ4v) is 2.24. The molecule has 7 nitrogen and oxygen atoms in total. The zero-order chi connectivity index (χ0) is 20.4. The number of para-hydroxylation sites is 1. The number of hydrogen-bond acceptors (Lipinski definition) is 5. The Hall–Kier alpha value is -3.35.